The second-order valence-electron chi connectivity index (χ2n) is 5.15. The van der Waals surface area contributed by atoms with Gasteiger partial charge in [0.1, 0.15) is 6.04 Å². The van der Waals surface area contributed by atoms with Crippen LogP contribution >= 0.6 is 0 Å². The van der Waals surface area contributed by atoms with E-state index in [1.807, 2.05) is 6.07 Å². The molecule has 124 valence electrons. The number of carbonyl (C=O) groups is 1. The molecule has 0 aliphatic carbocycles. The summed E-state index contributed by atoms with van der Waals surface area (Å²) in [5.74, 6) is 2.25. The Morgan fingerprint density at radius 1 is 1.17 bits per heavy atom. The molecule has 0 unspecified atom stereocenters. The van der Waals surface area contributed by atoms with Crippen molar-refractivity contribution in [2.24, 2.45) is 5.14 Å². The van der Waals surface area contributed by atoms with Crippen molar-refractivity contribution >= 4 is 27.3 Å². The van der Waals surface area contributed by atoms with E-state index in [0.29, 0.717) is 11.3 Å². The molecule has 0 radical (unpaired) electrons. The Morgan fingerprint density at radius 3 is 2.42 bits per heavy atom. The normalized spacial score (nSPS) is 12.0. The van der Waals surface area contributed by atoms with Crippen LogP contribution in [0.4, 0.5) is 11.4 Å². The minimum Gasteiger partial charge on any atom is -0.374 e. The van der Waals surface area contributed by atoms with Gasteiger partial charge in [-0.2, -0.15) is 0 Å². The van der Waals surface area contributed by atoms with Crippen molar-refractivity contribution in [2.75, 3.05) is 10.6 Å². The smallest absolute Gasteiger partial charge is 0.246 e. The summed E-state index contributed by atoms with van der Waals surface area (Å²) in [4.78, 5) is 12.2. The van der Waals surface area contributed by atoms with Crippen LogP contribution in [0, 0.1) is 12.3 Å². The molecule has 1 amide bonds. The molecule has 2 rings (SSSR count). The van der Waals surface area contributed by atoms with Gasteiger partial charge < -0.3 is 10.6 Å². The van der Waals surface area contributed by atoms with Gasteiger partial charge in [0.05, 0.1) is 4.90 Å². The average molecular weight is 343 g/mol. The summed E-state index contributed by atoms with van der Waals surface area (Å²) < 4.78 is 22.4. The van der Waals surface area contributed by atoms with Crippen molar-refractivity contribution in [2.45, 2.75) is 17.9 Å². The van der Waals surface area contributed by atoms with Gasteiger partial charge in [-0.05, 0) is 49.4 Å². The lowest BCUT2D eigenvalue weighted by Crippen LogP contribution is -2.31. The first-order valence-electron chi connectivity index (χ1n) is 7.06. The molecule has 24 heavy (non-hydrogen) atoms. The van der Waals surface area contributed by atoms with Crippen molar-refractivity contribution in [1.82, 2.24) is 0 Å². The van der Waals surface area contributed by atoms with E-state index in [1.165, 1.54) is 24.3 Å². The maximum Gasteiger partial charge on any atom is 0.246 e. The van der Waals surface area contributed by atoms with E-state index in [4.69, 9.17) is 11.6 Å². The van der Waals surface area contributed by atoms with Gasteiger partial charge in [-0.25, -0.2) is 13.6 Å². The number of amides is 1. The highest BCUT2D eigenvalue weighted by molar-refractivity contribution is 7.89. The number of hydrogen-bond donors (Lipinski definition) is 3. The molecule has 0 fully saturated rings. The van der Waals surface area contributed by atoms with Crippen molar-refractivity contribution < 1.29 is 13.2 Å². The second-order valence-corrected chi connectivity index (χ2v) is 6.71. The van der Waals surface area contributed by atoms with E-state index in [-0.39, 0.29) is 10.8 Å². The standard InChI is InChI=1S/C17H17N3O3S/c1-3-13-5-4-6-15(11-13)19-12(2)17(21)20-14-7-9-16(10-8-14)24(18,22)23/h1,4-12,19H,2H3,(H,20,21)(H2,18,22,23)/t12-/m0/s1. The number of primary sulfonamides is 1. The van der Waals surface area contributed by atoms with E-state index in [2.05, 4.69) is 16.6 Å². The molecule has 0 saturated carbocycles. The van der Waals surface area contributed by atoms with Crippen LogP contribution < -0.4 is 15.8 Å². The zero-order valence-electron chi connectivity index (χ0n) is 13.0. The molecule has 0 aliphatic rings. The summed E-state index contributed by atoms with van der Waals surface area (Å²) in [6.07, 6.45) is 5.35. The highest BCUT2D eigenvalue weighted by atomic mass is 32.2. The topological polar surface area (TPSA) is 101 Å². The van der Waals surface area contributed by atoms with E-state index in [1.54, 1.807) is 25.1 Å². The molecule has 0 heterocycles. The quantitative estimate of drug-likeness (QED) is 0.720. The third-order valence-corrected chi connectivity index (χ3v) is 4.19. The number of rotatable bonds is 5. The molecule has 0 bridgehead atoms. The number of nitrogens with one attached hydrogen (secondary N) is 2. The Kier molecular flexibility index (Phi) is 5.24. The number of nitrogens with two attached hydrogens (primary N) is 1. The minimum absolute atomic E-state index is 0.0160. The van der Waals surface area contributed by atoms with Crippen molar-refractivity contribution in [3.05, 3.63) is 54.1 Å². The van der Waals surface area contributed by atoms with Crippen molar-refractivity contribution in [3.8, 4) is 12.3 Å². The highest BCUT2D eigenvalue weighted by Gasteiger charge is 2.14. The van der Waals surface area contributed by atoms with Gasteiger partial charge in [0, 0.05) is 16.9 Å². The lowest BCUT2D eigenvalue weighted by Gasteiger charge is -2.15. The second kappa shape index (κ2) is 7.17. The molecule has 6 nitrogen and oxygen atoms in total. The molecule has 2 aromatic carbocycles. The lowest BCUT2D eigenvalue weighted by molar-refractivity contribution is -0.116. The zero-order valence-corrected chi connectivity index (χ0v) is 13.8. The first-order chi connectivity index (χ1) is 11.3. The zero-order chi connectivity index (χ0) is 17.7. The molecule has 0 aromatic heterocycles. The molecule has 2 aromatic rings. The fourth-order valence-electron chi connectivity index (χ4n) is 1.99. The third kappa shape index (κ3) is 4.59. The maximum absolute atomic E-state index is 12.2. The first-order valence-corrected chi connectivity index (χ1v) is 8.61. The van der Waals surface area contributed by atoms with Crippen LogP contribution in [0.3, 0.4) is 0 Å². The summed E-state index contributed by atoms with van der Waals surface area (Å²) in [6, 6.07) is 12.3. The van der Waals surface area contributed by atoms with E-state index in [0.717, 1.165) is 5.69 Å². The molecule has 0 saturated heterocycles. The molecule has 0 spiro atoms. The van der Waals surface area contributed by atoms with Crippen molar-refractivity contribution in [3.63, 3.8) is 0 Å². The van der Waals surface area contributed by atoms with Gasteiger partial charge >= 0.3 is 0 Å². The van der Waals surface area contributed by atoms with Gasteiger partial charge in [0.15, 0.2) is 0 Å². The van der Waals surface area contributed by atoms with Crippen LogP contribution in [0.25, 0.3) is 0 Å². The fraction of sp³-hybridized carbons (Fsp3) is 0.118. The Labute approximate surface area is 141 Å². The summed E-state index contributed by atoms with van der Waals surface area (Å²) in [5.41, 5.74) is 1.92. The summed E-state index contributed by atoms with van der Waals surface area (Å²) in [6.45, 7) is 1.70. The molecule has 1 atom stereocenters. The van der Waals surface area contributed by atoms with Gasteiger partial charge in [-0.1, -0.05) is 12.0 Å². The van der Waals surface area contributed by atoms with Gasteiger partial charge in [0.2, 0.25) is 15.9 Å². The van der Waals surface area contributed by atoms with Crippen LogP contribution in [0.5, 0.6) is 0 Å². The molecular weight excluding hydrogens is 326 g/mol. The summed E-state index contributed by atoms with van der Waals surface area (Å²) in [7, 11) is -3.75. The van der Waals surface area contributed by atoms with E-state index in [9.17, 15) is 13.2 Å². The molecule has 7 heteroatoms. The SMILES string of the molecule is C#Cc1cccc(N[C@@H](C)C(=O)Nc2ccc(S(N)(=O)=O)cc2)c1. The Balaban J connectivity index is 2.02. The Morgan fingerprint density at radius 2 is 1.83 bits per heavy atom. The largest absolute Gasteiger partial charge is 0.374 e. The van der Waals surface area contributed by atoms with Gasteiger partial charge in [-0.15, -0.1) is 6.42 Å². The summed E-state index contributed by atoms with van der Waals surface area (Å²) in [5, 5.41) is 10.8. The van der Waals surface area contributed by atoms with Crippen LogP contribution in [0.2, 0.25) is 0 Å². The van der Waals surface area contributed by atoms with Gasteiger partial charge in [-0.3, -0.25) is 4.79 Å². The van der Waals surface area contributed by atoms with E-state index < -0.39 is 16.1 Å². The minimum atomic E-state index is -3.75. The van der Waals surface area contributed by atoms with Crippen molar-refractivity contribution in [1.29, 1.82) is 0 Å². The molecular formula is C17H17N3O3S. The van der Waals surface area contributed by atoms with Crippen LogP contribution in [-0.4, -0.2) is 20.4 Å². The van der Waals surface area contributed by atoms with Crippen LogP contribution in [0.15, 0.2) is 53.4 Å². The van der Waals surface area contributed by atoms with Crippen LogP contribution in [-0.2, 0) is 14.8 Å². The molecule has 0 aliphatic heterocycles. The lowest BCUT2D eigenvalue weighted by atomic mass is 10.2. The van der Waals surface area contributed by atoms with Gasteiger partial charge in [0.25, 0.3) is 0 Å². The predicted molar refractivity (Wildman–Crippen MR) is 93.9 cm³/mol. The first kappa shape index (κ1) is 17.5. The number of benzene rings is 2. The monoisotopic (exact) mass is 343 g/mol. The molecule has 4 N–H and O–H groups in total. The highest BCUT2D eigenvalue weighted by Crippen LogP contribution is 2.14. The number of carbonyl (C=O) groups excluding carboxylic acids is 1. The van der Waals surface area contributed by atoms with E-state index >= 15 is 0 Å². The fourth-order valence-corrected chi connectivity index (χ4v) is 2.51. The number of terminal acetylenes is 1. The number of sulfonamides is 1. The van der Waals surface area contributed by atoms with Crippen LogP contribution in [0.1, 0.15) is 12.5 Å². The third-order valence-electron chi connectivity index (χ3n) is 3.26. The maximum atomic E-state index is 12.2. The predicted octanol–water partition coefficient (Wildman–Crippen LogP) is 1.75. The number of hydrogen-bond acceptors (Lipinski definition) is 4. The number of anilines is 2. The summed E-state index contributed by atoms with van der Waals surface area (Å²) >= 11 is 0. The Hall–Kier alpha value is -2.82. The average Bonchev–Trinajstić information content (AvgIpc) is 2.54. The Bertz CT molecular complexity index is 884.